The van der Waals surface area contributed by atoms with Crippen LogP contribution in [0.2, 0.25) is 0 Å². The van der Waals surface area contributed by atoms with Gasteiger partial charge in [0.15, 0.2) is 0 Å². The second-order valence-electron chi connectivity index (χ2n) is 9.00. The van der Waals surface area contributed by atoms with Crippen LogP contribution in [0.4, 0.5) is 10.1 Å². The van der Waals surface area contributed by atoms with Gasteiger partial charge in [0.2, 0.25) is 0 Å². The molecule has 0 saturated carbocycles. The number of aromatic nitrogens is 5. The molecule has 2 aromatic carbocycles. The molecule has 9 nitrogen and oxygen atoms in total. The van der Waals surface area contributed by atoms with Crippen LogP contribution in [0.25, 0.3) is 10.8 Å². The van der Waals surface area contributed by atoms with Crippen molar-refractivity contribution in [3.8, 4) is 0 Å². The highest BCUT2D eigenvalue weighted by Crippen LogP contribution is 2.43. The van der Waals surface area contributed by atoms with E-state index in [1.165, 1.54) is 30.4 Å². The number of nitrogens with one attached hydrogen (secondary N) is 1. The number of aliphatic hydroxyl groups excluding tert-OH is 1. The van der Waals surface area contributed by atoms with Crippen LogP contribution < -0.4 is 5.56 Å². The van der Waals surface area contributed by atoms with Gasteiger partial charge in [0.05, 0.1) is 35.8 Å². The van der Waals surface area contributed by atoms with Crippen LogP contribution in [0.1, 0.15) is 40.9 Å². The number of halogens is 1. The quantitative estimate of drug-likeness (QED) is 0.445. The Morgan fingerprint density at radius 1 is 1.17 bits per heavy atom. The number of aromatic amines is 1. The first-order valence-corrected chi connectivity index (χ1v) is 11.7. The number of benzene rings is 2. The molecule has 2 N–H and O–H groups in total. The van der Waals surface area contributed by atoms with Crippen LogP contribution in [-0.4, -0.2) is 60.9 Å². The van der Waals surface area contributed by atoms with E-state index in [1.807, 2.05) is 0 Å². The minimum Gasteiger partial charge on any atom is -0.394 e. The number of hydrogen-bond acceptors (Lipinski definition) is 7. The third kappa shape index (κ3) is 3.84. The van der Waals surface area contributed by atoms with E-state index in [-0.39, 0.29) is 24.5 Å². The van der Waals surface area contributed by atoms with Crippen LogP contribution in [0.5, 0.6) is 0 Å². The molecule has 1 fully saturated rings. The normalized spacial score (nSPS) is 19.6. The number of H-pyrrole nitrogens is 1. The molecule has 0 bridgehead atoms. The molecular weight excluding hydrogens is 449 g/mol. The molecule has 0 amide bonds. The molecule has 4 heterocycles. The smallest absolute Gasteiger partial charge is 0.272 e. The first-order chi connectivity index (χ1) is 17.1. The van der Waals surface area contributed by atoms with Gasteiger partial charge < -0.3 is 5.11 Å². The Balaban J connectivity index is 1.52. The molecule has 35 heavy (non-hydrogen) atoms. The molecule has 2 unspecified atom stereocenters. The first kappa shape index (κ1) is 21.8. The summed E-state index contributed by atoms with van der Waals surface area (Å²) in [5.41, 5.74) is 2.62. The fraction of sp³-hybridized carbons (Fsp3) is 0.320. The van der Waals surface area contributed by atoms with E-state index in [0.717, 1.165) is 25.2 Å². The summed E-state index contributed by atoms with van der Waals surface area (Å²) in [7, 11) is 0. The molecule has 6 rings (SSSR count). The van der Waals surface area contributed by atoms with E-state index in [4.69, 9.17) is 0 Å². The second kappa shape index (κ2) is 8.79. The maximum atomic E-state index is 14.4. The largest absolute Gasteiger partial charge is 0.394 e. The van der Waals surface area contributed by atoms with Crippen molar-refractivity contribution in [1.82, 2.24) is 29.9 Å². The van der Waals surface area contributed by atoms with Crippen molar-refractivity contribution in [3.05, 3.63) is 81.5 Å². The lowest BCUT2D eigenvalue weighted by Gasteiger charge is -2.30. The van der Waals surface area contributed by atoms with Gasteiger partial charge in [0.1, 0.15) is 18.0 Å². The minimum atomic E-state index is -0.541. The highest BCUT2D eigenvalue weighted by molar-refractivity contribution is 5.97. The molecule has 0 spiro atoms. The second-order valence-corrected chi connectivity index (χ2v) is 9.00. The lowest BCUT2D eigenvalue weighted by Crippen LogP contribution is -2.36. The predicted octanol–water partition coefficient (Wildman–Crippen LogP) is 2.48. The summed E-state index contributed by atoms with van der Waals surface area (Å²) < 4.78 is 16.0. The van der Waals surface area contributed by atoms with Crippen LogP contribution in [0.3, 0.4) is 0 Å². The standard InChI is InChI=1S/C25H24FN7O2/c26-17-10-18-21-20(11-17)27-12-19(16-4-2-15(3-5-16)13-32-6-1-7-32)22(23(21)30-31-25(18)35)24-28-14-29-33(24)8-9-34/h2-5,10-12,14,19,22,34H,1,6-9,13H2,(H,31,35). The Kier molecular flexibility index (Phi) is 5.46. The van der Waals surface area contributed by atoms with Crippen molar-refractivity contribution in [3.63, 3.8) is 0 Å². The number of likely N-dealkylation sites (tertiary alicyclic amines) is 1. The van der Waals surface area contributed by atoms with Gasteiger partial charge in [-0.15, -0.1) is 0 Å². The number of rotatable bonds is 6. The van der Waals surface area contributed by atoms with Crippen LogP contribution in [-0.2, 0) is 13.1 Å². The van der Waals surface area contributed by atoms with Gasteiger partial charge in [-0.05, 0) is 36.7 Å². The van der Waals surface area contributed by atoms with Gasteiger partial charge in [-0.3, -0.25) is 14.7 Å². The summed E-state index contributed by atoms with van der Waals surface area (Å²) in [6.45, 7) is 3.32. The van der Waals surface area contributed by atoms with Crippen molar-refractivity contribution in [2.75, 3.05) is 19.7 Å². The highest BCUT2D eigenvalue weighted by Gasteiger charge is 2.35. The summed E-state index contributed by atoms with van der Waals surface area (Å²) in [6, 6.07) is 10.9. The highest BCUT2D eigenvalue weighted by atomic mass is 19.1. The Morgan fingerprint density at radius 2 is 2.00 bits per heavy atom. The summed E-state index contributed by atoms with van der Waals surface area (Å²) in [5, 5.41) is 21.5. The topological polar surface area (TPSA) is 112 Å². The summed E-state index contributed by atoms with van der Waals surface area (Å²) >= 11 is 0. The molecule has 0 aliphatic carbocycles. The van der Waals surface area contributed by atoms with Crippen molar-refractivity contribution in [2.24, 2.45) is 4.99 Å². The van der Waals surface area contributed by atoms with Crippen LogP contribution in [0.15, 0.2) is 52.5 Å². The fourth-order valence-electron chi connectivity index (χ4n) is 5.00. The molecule has 10 heteroatoms. The van der Waals surface area contributed by atoms with Gasteiger partial charge in [0, 0.05) is 30.1 Å². The van der Waals surface area contributed by atoms with E-state index in [0.29, 0.717) is 22.6 Å². The van der Waals surface area contributed by atoms with Crippen molar-refractivity contribution >= 4 is 22.7 Å². The Morgan fingerprint density at radius 3 is 2.74 bits per heavy atom. The summed E-state index contributed by atoms with van der Waals surface area (Å²) in [6.07, 6.45) is 4.46. The molecule has 2 aliphatic rings. The van der Waals surface area contributed by atoms with Gasteiger partial charge in [0.25, 0.3) is 5.56 Å². The van der Waals surface area contributed by atoms with Gasteiger partial charge in [-0.2, -0.15) is 10.2 Å². The van der Waals surface area contributed by atoms with Gasteiger partial charge in [-0.25, -0.2) is 19.2 Å². The van der Waals surface area contributed by atoms with Crippen molar-refractivity contribution < 1.29 is 9.50 Å². The zero-order chi connectivity index (χ0) is 23.9. The summed E-state index contributed by atoms with van der Waals surface area (Å²) in [4.78, 5) is 24.1. The van der Waals surface area contributed by atoms with Crippen molar-refractivity contribution in [1.29, 1.82) is 0 Å². The van der Waals surface area contributed by atoms with E-state index in [1.54, 1.807) is 10.9 Å². The lowest BCUT2D eigenvalue weighted by molar-refractivity contribution is 0.172. The van der Waals surface area contributed by atoms with E-state index in [9.17, 15) is 14.3 Å². The Hall–Kier alpha value is -3.76. The van der Waals surface area contributed by atoms with E-state index < -0.39 is 17.3 Å². The zero-order valence-electron chi connectivity index (χ0n) is 18.9. The van der Waals surface area contributed by atoms with Gasteiger partial charge >= 0.3 is 0 Å². The van der Waals surface area contributed by atoms with Crippen LogP contribution in [0, 0.1) is 5.82 Å². The Bertz CT molecular complexity index is 1470. The molecule has 2 aromatic heterocycles. The summed E-state index contributed by atoms with van der Waals surface area (Å²) in [5.74, 6) is -0.744. The SMILES string of the molecule is O=c1[nH]nc2c3c(cc(F)cc13)N=CC(c1ccc(CN3CCC3)cc1)C2c1ncnn1CCO. The molecule has 1 saturated heterocycles. The van der Waals surface area contributed by atoms with Crippen molar-refractivity contribution in [2.45, 2.75) is 31.3 Å². The molecular formula is C25H24FN7O2. The molecule has 4 aromatic rings. The lowest BCUT2D eigenvalue weighted by atomic mass is 9.82. The van der Waals surface area contributed by atoms with Gasteiger partial charge in [-0.1, -0.05) is 24.3 Å². The number of aliphatic hydroxyl groups is 1. The number of aliphatic imine (C=N–C) groups is 1. The maximum absolute atomic E-state index is 14.4. The predicted molar refractivity (Wildman–Crippen MR) is 129 cm³/mol. The average Bonchev–Trinajstić information content (AvgIpc) is 3.21. The molecule has 2 atom stereocenters. The van der Waals surface area contributed by atoms with E-state index in [2.05, 4.69) is 54.4 Å². The third-order valence-corrected chi connectivity index (χ3v) is 6.84. The molecule has 0 radical (unpaired) electrons. The Labute approximate surface area is 200 Å². The first-order valence-electron chi connectivity index (χ1n) is 11.7. The van der Waals surface area contributed by atoms with E-state index >= 15 is 0 Å². The third-order valence-electron chi connectivity index (χ3n) is 6.84. The minimum absolute atomic E-state index is 0.108. The average molecular weight is 474 g/mol. The maximum Gasteiger partial charge on any atom is 0.272 e. The molecule has 178 valence electrons. The number of nitrogens with zero attached hydrogens (tertiary/aromatic N) is 6. The number of hydrogen-bond donors (Lipinski definition) is 2. The molecule has 2 aliphatic heterocycles. The van der Waals surface area contributed by atoms with Crippen LogP contribution >= 0.6 is 0 Å². The zero-order valence-corrected chi connectivity index (χ0v) is 18.9. The fourth-order valence-corrected chi connectivity index (χ4v) is 5.00. The monoisotopic (exact) mass is 473 g/mol.